The summed E-state index contributed by atoms with van der Waals surface area (Å²) >= 11 is 1.52. The molecule has 1 aliphatic rings. The van der Waals surface area contributed by atoms with Crippen LogP contribution in [0.25, 0.3) is 0 Å². The Morgan fingerprint density at radius 2 is 2.08 bits per heavy atom. The second-order valence-corrected chi connectivity index (χ2v) is 6.71. The van der Waals surface area contributed by atoms with E-state index in [0.717, 1.165) is 18.4 Å². The lowest BCUT2D eigenvalue weighted by Crippen LogP contribution is -2.32. The molecule has 3 N–H and O–H groups in total. The van der Waals surface area contributed by atoms with Crippen LogP contribution < -0.4 is 15.4 Å². The number of rotatable bonds is 6. The number of aliphatic hydroxyl groups is 1. The van der Waals surface area contributed by atoms with Gasteiger partial charge in [0.15, 0.2) is 0 Å². The molecule has 0 spiro atoms. The molecular weight excluding hydrogens is 324 g/mol. The van der Waals surface area contributed by atoms with Gasteiger partial charge in [-0.15, -0.1) is 0 Å². The van der Waals surface area contributed by atoms with Crippen LogP contribution in [0.3, 0.4) is 0 Å². The molecule has 0 radical (unpaired) electrons. The predicted molar refractivity (Wildman–Crippen MR) is 95.6 cm³/mol. The average Bonchev–Trinajstić information content (AvgIpc) is 3.28. The molecule has 1 atom stereocenters. The lowest BCUT2D eigenvalue weighted by atomic mass is 10.2. The van der Waals surface area contributed by atoms with Crippen molar-refractivity contribution in [3.05, 3.63) is 46.7 Å². The van der Waals surface area contributed by atoms with Gasteiger partial charge in [-0.1, -0.05) is 12.1 Å². The molecule has 0 aliphatic heterocycles. The number of amides is 2. The first kappa shape index (κ1) is 16.8. The van der Waals surface area contributed by atoms with E-state index >= 15 is 0 Å². The SMILES string of the molecule is O=C(NCC(O)c1ccsc1)Nc1ccccc1OC1CCCC1. The molecule has 128 valence electrons. The van der Waals surface area contributed by atoms with Gasteiger partial charge in [0, 0.05) is 6.54 Å². The first-order chi connectivity index (χ1) is 11.7. The van der Waals surface area contributed by atoms with E-state index in [-0.39, 0.29) is 18.7 Å². The monoisotopic (exact) mass is 346 g/mol. The third kappa shape index (κ3) is 4.49. The summed E-state index contributed by atoms with van der Waals surface area (Å²) in [5.74, 6) is 0.693. The first-order valence-electron chi connectivity index (χ1n) is 8.23. The summed E-state index contributed by atoms with van der Waals surface area (Å²) in [7, 11) is 0. The molecule has 3 rings (SSSR count). The highest BCUT2D eigenvalue weighted by Crippen LogP contribution is 2.29. The standard InChI is InChI=1S/C18H22N2O3S/c21-16(13-9-10-24-12-13)11-19-18(22)20-15-7-3-4-8-17(15)23-14-5-1-2-6-14/h3-4,7-10,12,14,16,21H,1-2,5-6,11H2,(H2,19,20,22). The number of carbonyl (C=O) groups is 1. The minimum atomic E-state index is -0.702. The van der Waals surface area contributed by atoms with Gasteiger partial charge in [0.25, 0.3) is 0 Å². The lowest BCUT2D eigenvalue weighted by Gasteiger charge is -2.17. The Labute approximate surface area is 145 Å². The van der Waals surface area contributed by atoms with Crippen molar-refractivity contribution in [1.29, 1.82) is 0 Å². The molecule has 1 aliphatic carbocycles. The Hall–Kier alpha value is -2.05. The molecule has 2 aromatic rings. The smallest absolute Gasteiger partial charge is 0.319 e. The third-order valence-corrected chi connectivity index (χ3v) is 4.82. The molecule has 1 aromatic carbocycles. The Morgan fingerprint density at radius 1 is 1.29 bits per heavy atom. The zero-order chi connectivity index (χ0) is 16.8. The molecule has 1 saturated carbocycles. The minimum Gasteiger partial charge on any atom is -0.488 e. The molecule has 1 fully saturated rings. The molecule has 2 amide bonds. The average molecular weight is 346 g/mol. The number of urea groups is 1. The molecule has 24 heavy (non-hydrogen) atoms. The van der Waals surface area contributed by atoms with E-state index < -0.39 is 6.10 Å². The number of thiophene rings is 1. The van der Waals surface area contributed by atoms with Crippen LogP contribution in [-0.4, -0.2) is 23.8 Å². The lowest BCUT2D eigenvalue weighted by molar-refractivity contribution is 0.175. The van der Waals surface area contributed by atoms with E-state index in [0.29, 0.717) is 11.4 Å². The van der Waals surface area contributed by atoms with Gasteiger partial charge in [0.2, 0.25) is 0 Å². The van der Waals surface area contributed by atoms with E-state index in [1.165, 1.54) is 24.2 Å². The highest BCUT2D eigenvalue weighted by molar-refractivity contribution is 7.07. The summed E-state index contributed by atoms with van der Waals surface area (Å²) in [5.41, 5.74) is 1.46. The van der Waals surface area contributed by atoms with Gasteiger partial charge in [-0.3, -0.25) is 0 Å². The maximum Gasteiger partial charge on any atom is 0.319 e. The number of nitrogens with one attached hydrogen (secondary N) is 2. The molecule has 5 nitrogen and oxygen atoms in total. The van der Waals surface area contributed by atoms with Crippen LogP contribution in [0.15, 0.2) is 41.1 Å². The fraction of sp³-hybridized carbons (Fsp3) is 0.389. The number of carbonyl (C=O) groups excluding carboxylic acids is 1. The highest BCUT2D eigenvalue weighted by atomic mass is 32.1. The topological polar surface area (TPSA) is 70.6 Å². The Morgan fingerprint density at radius 3 is 2.83 bits per heavy atom. The summed E-state index contributed by atoms with van der Waals surface area (Å²) < 4.78 is 6.00. The number of anilines is 1. The van der Waals surface area contributed by atoms with Crippen LogP contribution in [0.5, 0.6) is 5.75 Å². The molecule has 0 bridgehead atoms. The van der Waals surface area contributed by atoms with Gasteiger partial charge in [0.1, 0.15) is 5.75 Å². The van der Waals surface area contributed by atoms with Crippen molar-refractivity contribution in [2.24, 2.45) is 0 Å². The Balaban J connectivity index is 1.54. The molecule has 1 heterocycles. The number of para-hydroxylation sites is 2. The van der Waals surface area contributed by atoms with Gasteiger partial charge in [-0.05, 0) is 60.2 Å². The third-order valence-electron chi connectivity index (χ3n) is 4.12. The molecular formula is C18H22N2O3S. The molecule has 6 heteroatoms. The van der Waals surface area contributed by atoms with Crippen molar-refractivity contribution < 1.29 is 14.6 Å². The Kier molecular flexibility index (Phi) is 5.72. The molecule has 0 saturated heterocycles. The van der Waals surface area contributed by atoms with Crippen molar-refractivity contribution in [2.45, 2.75) is 37.9 Å². The van der Waals surface area contributed by atoms with Gasteiger partial charge < -0.3 is 20.5 Å². The van der Waals surface area contributed by atoms with E-state index in [2.05, 4.69) is 10.6 Å². The van der Waals surface area contributed by atoms with Crippen molar-refractivity contribution >= 4 is 23.1 Å². The van der Waals surface area contributed by atoms with Crippen LogP contribution >= 0.6 is 11.3 Å². The summed E-state index contributed by atoms with van der Waals surface area (Å²) in [6, 6.07) is 8.93. The van der Waals surface area contributed by atoms with E-state index in [4.69, 9.17) is 4.74 Å². The fourth-order valence-electron chi connectivity index (χ4n) is 2.80. The zero-order valence-electron chi connectivity index (χ0n) is 13.4. The van der Waals surface area contributed by atoms with E-state index in [9.17, 15) is 9.90 Å². The van der Waals surface area contributed by atoms with Crippen molar-refractivity contribution in [3.8, 4) is 5.75 Å². The second kappa shape index (κ2) is 8.17. The number of aliphatic hydroxyl groups excluding tert-OH is 1. The second-order valence-electron chi connectivity index (χ2n) is 5.93. The maximum absolute atomic E-state index is 12.1. The van der Waals surface area contributed by atoms with Crippen LogP contribution in [-0.2, 0) is 0 Å². The largest absolute Gasteiger partial charge is 0.488 e. The van der Waals surface area contributed by atoms with E-state index in [1.54, 1.807) is 0 Å². The van der Waals surface area contributed by atoms with Crippen LogP contribution in [0.2, 0.25) is 0 Å². The number of hydrogen-bond acceptors (Lipinski definition) is 4. The highest BCUT2D eigenvalue weighted by Gasteiger charge is 2.18. The number of ether oxygens (including phenoxy) is 1. The zero-order valence-corrected chi connectivity index (χ0v) is 14.2. The van der Waals surface area contributed by atoms with E-state index in [1.807, 2.05) is 41.1 Å². The van der Waals surface area contributed by atoms with Crippen molar-refractivity contribution in [1.82, 2.24) is 5.32 Å². The molecule has 1 aromatic heterocycles. The van der Waals surface area contributed by atoms with Gasteiger partial charge >= 0.3 is 6.03 Å². The summed E-state index contributed by atoms with van der Waals surface area (Å²) in [4.78, 5) is 12.1. The number of benzene rings is 1. The minimum absolute atomic E-state index is 0.161. The van der Waals surface area contributed by atoms with Crippen molar-refractivity contribution in [3.63, 3.8) is 0 Å². The fourth-order valence-corrected chi connectivity index (χ4v) is 3.50. The van der Waals surface area contributed by atoms with Crippen molar-refractivity contribution in [2.75, 3.05) is 11.9 Å². The summed E-state index contributed by atoms with van der Waals surface area (Å²) in [6.45, 7) is 0.161. The van der Waals surface area contributed by atoms with Gasteiger partial charge in [-0.25, -0.2) is 4.79 Å². The summed E-state index contributed by atoms with van der Waals surface area (Å²) in [5, 5.41) is 19.3. The van der Waals surface area contributed by atoms with Crippen LogP contribution in [0.1, 0.15) is 37.4 Å². The Bertz CT molecular complexity index is 654. The van der Waals surface area contributed by atoms with Crippen LogP contribution in [0, 0.1) is 0 Å². The summed E-state index contributed by atoms with van der Waals surface area (Å²) in [6.07, 6.45) is 4.05. The number of hydrogen-bond donors (Lipinski definition) is 3. The maximum atomic E-state index is 12.1. The van der Waals surface area contributed by atoms with Crippen LogP contribution in [0.4, 0.5) is 10.5 Å². The normalized spacial score (nSPS) is 15.9. The molecule has 1 unspecified atom stereocenters. The quantitative estimate of drug-likeness (QED) is 0.742. The van der Waals surface area contributed by atoms with Gasteiger partial charge in [0.05, 0.1) is 17.9 Å². The predicted octanol–water partition coefficient (Wildman–Crippen LogP) is 3.92. The van der Waals surface area contributed by atoms with Gasteiger partial charge in [-0.2, -0.15) is 11.3 Å². The first-order valence-corrected chi connectivity index (χ1v) is 9.17.